The zero-order valence-electron chi connectivity index (χ0n) is 11.3. The van der Waals surface area contributed by atoms with Crippen LogP contribution in [0.15, 0.2) is 0 Å². The van der Waals surface area contributed by atoms with Gasteiger partial charge in [-0.2, -0.15) is 0 Å². The Bertz CT molecular complexity index is 351. The van der Waals surface area contributed by atoms with E-state index < -0.39 is 5.97 Å². The quantitative estimate of drug-likeness (QED) is 0.795. The highest BCUT2D eigenvalue weighted by Gasteiger charge is 2.44. The van der Waals surface area contributed by atoms with Crippen molar-refractivity contribution < 1.29 is 19.4 Å². The van der Waals surface area contributed by atoms with E-state index in [1.807, 2.05) is 11.8 Å². The molecular formula is C13H21NO4S. The molecule has 2 aliphatic rings. The first-order valence-corrected chi connectivity index (χ1v) is 7.77. The number of morpholine rings is 1. The van der Waals surface area contributed by atoms with Crippen LogP contribution in [0.2, 0.25) is 0 Å². The number of carboxylic acid groups (broad SMARTS) is 1. The first-order chi connectivity index (χ1) is 9.02. The molecule has 0 aromatic heterocycles. The fraction of sp³-hybridized carbons (Fsp3) is 0.846. The molecule has 0 radical (unpaired) electrons. The second kappa shape index (κ2) is 6.13. The first kappa shape index (κ1) is 14.7. The van der Waals surface area contributed by atoms with Crippen LogP contribution in [-0.4, -0.2) is 59.2 Å². The summed E-state index contributed by atoms with van der Waals surface area (Å²) in [6, 6.07) is 0. The predicted molar refractivity (Wildman–Crippen MR) is 73.2 cm³/mol. The van der Waals surface area contributed by atoms with Crippen molar-refractivity contribution in [1.82, 2.24) is 4.90 Å². The summed E-state index contributed by atoms with van der Waals surface area (Å²) >= 11 is 1.59. The number of thioether (sulfide) groups is 1. The number of rotatable bonds is 6. The van der Waals surface area contributed by atoms with Crippen LogP contribution < -0.4 is 0 Å². The Kier molecular flexibility index (Phi) is 4.73. The number of carbonyl (C=O) groups is 2. The van der Waals surface area contributed by atoms with Gasteiger partial charge in [-0.1, -0.05) is 0 Å². The van der Waals surface area contributed by atoms with Gasteiger partial charge in [-0.05, 0) is 25.2 Å². The third-order valence-corrected chi connectivity index (χ3v) is 5.27. The number of amides is 1. The molecule has 0 aromatic rings. The van der Waals surface area contributed by atoms with E-state index in [0.29, 0.717) is 26.3 Å². The van der Waals surface area contributed by atoms with E-state index in [-0.39, 0.29) is 23.0 Å². The maximum atomic E-state index is 12.2. The monoisotopic (exact) mass is 287 g/mol. The lowest BCUT2D eigenvalue weighted by Gasteiger charge is -2.29. The van der Waals surface area contributed by atoms with Gasteiger partial charge in [0.05, 0.1) is 24.9 Å². The molecule has 6 heteroatoms. The van der Waals surface area contributed by atoms with Gasteiger partial charge in [-0.25, -0.2) is 0 Å². The molecule has 2 rings (SSSR count). The topological polar surface area (TPSA) is 66.8 Å². The van der Waals surface area contributed by atoms with Gasteiger partial charge >= 0.3 is 5.97 Å². The molecule has 1 aliphatic heterocycles. The highest BCUT2D eigenvalue weighted by molar-refractivity contribution is 8.00. The van der Waals surface area contributed by atoms with Gasteiger partial charge in [-0.15, -0.1) is 11.8 Å². The highest BCUT2D eigenvalue weighted by Crippen LogP contribution is 2.51. The van der Waals surface area contributed by atoms with E-state index in [1.165, 1.54) is 0 Å². The summed E-state index contributed by atoms with van der Waals surface area (Å²) in [6.45, 7) is 4.49. The third kappa shape index (κ3) is 4.11. The SMILES string of the molecule is CC(SCC1(CC(=O)O)CC1)C(=O)N1CCOCC1. The average molecular weight is 287 g/mol. The van der Waals surface area contributed by atoms with Crippen LogP contribution in [0.1, 0.15) is 26.2 Å². The van der Waals surface area contributed by atoms with Gasteiger partial charge in [0.15, 0.2) is 0 Å². The van der Waals surface area contributed by atoms with Gasteiger partial charge in [0.1, 0.15) is 0 Å². The highest BCUT2D eigenvalue weighted by atomic mass is 32.2. The van der Waals surface area contributed by atoms with Gasteiger partial charge in [0.2, 0.25) is 5.91 Å². The zero-order chi connectivity index (χ0) is 13.9. The van der Waals surface area contributed by atoms with Gasteiger partial charge in [-0.3, -0.25) is 9.59 Å². The Labute approximate surface area is 117 Å². The molecule has 108 valence electrons. The number of carboxylic acids is 1. The van der Waals surface area contributed by atoms with Crippen LogP contribution in [0.4, 0.5) is 0 Å². The fourth-order valence-electron chi connectivity index (χ4n) is 2.28. The van der Waals surface area contributed by atoms with E-state index in [0.717, 1.165) is 18.6 Å². The summed E-state index contributed by atoms with van der Waals surface area (Å²) in [5.41, 5.74) is -0.0456. The lowest BCUT2D eigenvalue weighted by molar-refractivity contribution is -0.138. The third-order valence-electron chi connectivity index (χ3n) is 3.79. The number of carbonyl (C=O) groups excluding carboxylic acids is 1. The average Bonchev–Trinajstić information content (AvgIpc) is 3.15. The molecule has 0 bridgehead atoms. The van der Waals surface area contributed by atoms with Crippen molar-refractivity contribution in [2.75, 3.05) is 32.1 Å². The molecule has 5 nitrogen and oxygen atoms in total. The van der Waals surface area contributed by atoms with Crippen molar-refractivity contribution in [1.29, 1.82) is 0 Å². The van der Waals surface area contributed by atoms with Crippen LogP contribution >= 0.6 is 11.8 Å². The molecule has 1 saturated heterocycles. The van der Waals surface area contributed by atoms with Crippen LogP contribution in [0.25, 0.3) is 0 Å². The van der Waals surface area contributed by atoms with E-state index in [2.05, 4.69) is 0 Å². The lowest BCUT2D eigenvalue weighted by atomic mass is 10.1. The van der Waals surface area contributed by atoms with Gasteiger partial charge < -0.3 is 14.7 Å². The standard InChI is InChI=1S/C13H21NO4S/c1-10(12(17)14-4-6-18-7-5-14)19-9-13(2-3-13)8-11(15)16/h10H,2-9H2,1H3,(H,15,16). The Balaban J connectivity index is 1.76. The Morgan fingerprint density at radius 2 is 2.00 bits per heavy atom. The van der Waals surface area contributed by atoms with Gasteiger partial charge in [0, 0.05) is 18.8 Å². The van der Waals surface area contributed by atoms with Crippen molar-refractivity contribution in [3.63, 3.8) is 0 Å². The summed E-state index contributed by atoms with van der Waals surface area (Å²) in [6.07, 6.45) is 2.19. The summed E-state index contributed by atoms with van der Waals surface area (Å²) in [5.74, 6) is 0.195. The van der Waals surface area contributed by atoms with E-state index >= 15 is 0 Å². The van der Waals surface area contributed by atoms with Crippen LogP contribution in [0.3, 0.4) is 0 Å². The molecule has 1 amide bonds. The molecular weight excluding hydrogens is 266 g/mol. The lowest BCUT2D eigenvalue weighted by Crippen LogP contribution is -2.44. The van der Waals surface area contributed by atoms with Crippen LogP contribution in [-0.2, 0) is 14.3 Å². The molecule has 19 heavy (non-hydrogen) atoms. The van der Waals surface area contributed by atoms with Crippen molar-refractivity contribution in [3.05, 3.63) is 0 Å². The molecule has 1 N–H and O–H groups in total. The Morgan fingerprint density at radius 3 is 2.53 bits per heavy atom. The summed E-state index contributed by atoms with van der Waals surface area (Å²) in [5, 5.41) is 8.78. The second-order valence-corrected chi connectivity index (χ2v) is 6.79. The second-order valence-electron chi connectivity index (χ2n) is 5.46. The minimum Gasteiger partial charge on any atom is -0.481 e. The molecule has 1 unspecified atom stereocenters. The molecule has 0 spiro atoms. The van der Waals surface area contributed by atoms with Crippen LogP contribution in [0.5, 0.6) is 0 Å². The molecule has 1 aliphatic carbocycles. The smallest absolute Gasteiger partial charge is 0.303 e. The molecule has 0 aromatic carbocycles. The van der Waals surface area contributed by atoms with Crippen LogP contribution in [0, 0.1) is 5.41 Å². The van der Waals surface area contributed by atoms with E-state index in [4.69, 9.17) is 9.84 Å². The van der Waals surface area contributed by atoms with Gasteiger partial charge in [0.25, 0.3) is 0 Å². The molecule has 1 saturated carbocycles. The summed E-state index contributed by atoms with van der Waals surface area (Å²) in [7, 11) is 0. The zero-order valence-corrected chi connectivity index (χ0v) is 12.1. The van der Waals surface area contributed by atoms with Crippen molar-refractivity contribution in [2.45, 2.75) is 31.4 Å². The fourth-order valence-corrected chi connectivity index (χ4v) is 3.57. The predicted octanol–water partition coefficient (Wildman–Crippen LogP) is 1.22. The number of ether oxygens (including phenoxy) is 1. The normalized spacial score (nSPS) is 22.9. The Hall–Kier alpha value is -0.750. The van der Waals surface area contributed by atoms with E-state index in [9.17, 15) is 9.59 Å². The number of hydrogen-bond donors (Lipinski definition) is 1. The number of hydrogen-bond acceptors (Lipinski definition) is 4. The molecule has 1 atom stereocenters. The summed E-state index contributed by atoms with van der Waals surface area (Å²) in [4.78, 5) is 24.8. The van der Waals surface area contributed by atoms with Crippen molar-refractivity contribution >= 4 is 23.6 Å². The maximum Gasteiger partial charge on any atom is 0.303 e. The maximum absolute atomic E-state index is 12.2. The van der Waals surface area contributed by atoms with Crippen molar-refractivity contribution in [2.24, 2.45) is 5.41 Å². The molecule has 1 heterocycles. The largest absolute Gasteiger partial charge is 0.481 e. The number of nitrogens with zero attached hydrogens (tertiary/aromatic N) is 1. The first-order valence-electron chi connectivity index (χ1n) is 6.72. The number of aliphatic carboxylic acids is 1. The molecule has 2 fully saturated rings. The summed E-state index contributed by atoms with van der Waals surface area (Å²) < 4.78 is 5.23. The minimum absolute atomic E-state index is 0.0456. The Morgan fingerprint density at radius 1 is 1.37 bits per heavy atom. The minimum atomic E-state index is -0.731. The van der Waals surface area contributed by atoms with Crippen molar-refractivity contribution in [3.8, 4) is 0 Å². The van der Waals surface area contributed by atoms with E-state index in [1.54, 1.807) is 11.8 Å².